The molecule has 3 heterocycles. The Kier molecular flexibility index (Phi) is 5.57. The molecule has 0 spiro atoms. The van der Waals surface area contributed by atoms with Gasteiger partial charge >= 0.3 is 0 Å². The Morgan fingerprint density at radius 3 is 2.79 bits per heavy atom. The molecule has 1 aromatic carbocycles. The fourth-order valence-electron chi connectivity index (χ4n) is 3.49. The number of aromatic nitrogens is 3. The minimum absolute atomic E-state index is 0.166. The zero-order valence-corrected chi connectivity index (χ0v) is 16.9. The van der Waals surface area contributed by atoms with Gasteiger partial charge in [0.05, 0.1) is 5.69 Å². The standard InChI is InChI=1S/C20H22FN5O2S/c1-2-5-14-12-17(27)26-19(22-14)29-20(24-26)25-10-8-13(9-11-25)18(28)23-16-7-4-3-6-15(16)21/h3-4,6-7,12-13H,2,5,8-11H2,1H3,(H,23,28). The molecule has 0 aliphatic carbocycles. The summed E-state index contributed by atoms with van der Waals surface area (Å²) in [6.07, 6.45) is 2.97. The van der Waals surface area contributed by atoms with E-state index in [4.69, 9.17) is 0 Å². The van der Waals surface area contributed by atoms with Crippen molar-refractivity contribution in [1.82, 2.24) is 14.6 Å². The maximum atomic E-state index is 13.7. The SMILES string of the molecule is CCCc1cc(=O)n2nc(N3CCC(C(=O)Nc4ccccc4F)CC3)sc2n1. The molecule has 152 valence electrons. The lowest BCUT2D eigenvalue weighted by Crippen LogP contribution is -2.38. The fraction of sp³-hybridized carbons (Fsp3) is 0.400. The van der Waals surface area contributed by atoms with Crippen LogP contribution in [0.1, 0.15) is 31.9 Å². The summed E-state index contributed by atoms with van der Waals surface area (Å²) in [5, 5.41) is 7.84. The molecule has 4 rings (SSSR count). The lowest BCUT2D eigenvalue weighted by Gasteiger charge is -2.30. The Hall–Kier alpha value is -2.81. The van der Waals surface area contributed by atoms with Gasteiger partial charge in [0.2, 0.25) is 16.0 Å². The third kappa shape index (κ3) is 4.14. The van der Waals surface area contributed by atoms with Crippen molar-refractivity contribution < 1.29 is 9.18 Å². The number of rotatable bonds is 5. The predicted octanol–water partition coefficient (Wildman–Crippen LogP) is 3.10. The van der Waals surface area contributed by atoms with Crippen LogP contribution in [0.2, 0.25) is 0 Å². The number of carbonyl (C=O) groups is 1. The molecule has 0 radical (unpaired) electrons. The van der Waals surface area contributed by atoms with Crippen LogP contribution in [0, 0.1) is 11.7 Å². The molecule has 1 saturated heterocycles. The monoisotopic (exact) mass is 415 g/mol. The fourth-order valence-corrected chi connectivity index (χ4v) is 4.47. The van der Waals surface area contributed by atoms with E-state index >= 15 is 0 Å². The number of aryl methyl sites for hydroxylation is 1. The lowest BCUT2D eigenvalue weighted by atomic mass is 9.96. The summed E-state index contributed by atoms with van der Waals surface area (Å²) in [5.41, 5.74) is 0.829. The zero-order chi connectivity index (χ0) is 20.4. The average molecular weight is 415 g/mol. The molecule has 0 unspecified atom stereocenters. The van der Waals surface area contributed by atoms with Crippen molar-refractivity contribution in [3.8, 4) is 0 Å². The van der Waals surface area contributed by atoms with Crippen LogP contribution in [0.4, 0.5) is 15.2 Å². The first-order valence-corrected chi connectivity index (χ1v) is 10.6. The second-order valence-corrected chi connectivity index (χ2v) is 8.08. The van der Waals surface area contributed by atoms with Gasteiger partial charge in [-0.1, -0.05) is 36.8 Å². The molecule has 1 fully saturated rings. The molecule has 0 bridgehead atoms. The van der Waals surface area contributed by atoms with Crippen molar-refractivity contribution in [2.75, 3.05) is 23.3 Å². The van der Waals surface area contributed by atoms with Crippen molar-refractivity contribution in [2.45, 2.75) is 32.6 Å². The first-order valence-electron chi connectivity index (χ1n) is 9.75. The number of halogens is 1. The number of benzene rings is 1. The number of hydrogen-bond donors (Lipinski definition) is 1. The smallest absolute Gasteiger partial charge is 0.275 e. The first-order chi connectivity index (χ1) is 14.0. The quantitative estimate of drug-likeness (QED) is 0.693. The number of anilines is 2. The second kappa shape index (κ2) is 8.28. The van der Waals surface area contributed by atoms with Crippen LogP contribution in [0.5, 0.6) is 0 Å². The van der Waals surface area contributed by atoms with E-state index in [1.165, 1.54) is 21.9 Å². The highest BCUT2D eigenvalue weighted by atomic mass is 32.1. The van der Waals surface area contributed by atoms with E-state index in [0.29, 0.717) is 30.9 Å². The number of carbonyl (C=O) groups excluding carboxylic acids is 1. The molecule has 7 nitrogen and oxygen atoms in total. The van der Waals surface area contributed by atoms with Crippen molar-refractivity contribution in [1.29, 1.82) is 0 Å². The largest absolute Gasteiger partial charge is 0.347 e. The Morgan fingerprint density at radius 1 is 1.31 bits per heavy atom. The summed E-state index contributed by atoms with van der Waals surface area (Å²) in [6, 6.07) is 7.71. The van der Waals surface area contributed by atoms with Gasteiger partial charge in [-0.05, 0) is 31.4 Å². The van der Waals surface area contributed by atoms with Crippen LogP contribution < -0.4 is 15.8 Å². The molecule has 0 atom stereocenters. The maximum absolute atomic E-state index is 13.7. The van der Waals surface area contributed by atoms with E-state index in [1.54, 1.807) is 24.3 Å². The summed E-state index contributed by atoms with van der Waals surface area (Å²) in [4.78, 5) is 32.0. The molecule has 9 heteroatoms. The van der Waals surface area contributed by atoms with Crippen molar-refractivity contribution in [3.05, 3.63) is 52.2 Å². The predicted molar refractivity (Wildman–Crippen MR) is 111 cm³/mol. The Labute approximate surface area is 171 Å². The molecule has 1 amide bonds. The van der Waals surface area contributed by atoms with Crippen LogP contribution >= 0.6 is 11.3 Å². The molecular weight excluding hydrogens is 393 g/mol. The summed E-state index contributed by atoms with van der Waals surface area (Å²) in [7, 11) is 0. The first kappa shape index (κ1) is 19.5. The van der Waals surface area contributed by atoms with Crippen molar-refractivity contribution >= 4 is 33.0 Å². The van der Waals surface area contributed by atoms with Crippen molar-refractivity contribution in [3.63, 3.8) is 0 Å². The Morgan fingerprint density at radius 2 is 2.07 bits per heavy atom. The summed E-state index contributed by atoms with van der Waals surface area (Å²) >= 11 is 1.39. The summed E-state index contributed by atoms with van der Waals surface area (Å²) in [5.74, 6) is -0.786. The van der Waals surface area contributed by atoms with Gasteiger partial charge < -0.3 is 10.2 Å². The summed E-state index contributed by atoms with van der Waals surface area (Å²) < 4.78 is 15.1. The Bertz CT molecular complexity index is 1090. The average Bonchev–Trinajstić information content (AvgIpc) is 3.15. The van der Waals surface area contributed by atoms with E-state index in [9.17, 15) is 14.0 Å². The maximum Gasteiger partial charge on any atom is 0.275 e. The third-order valence-corrected chi connectivity index (χ3v) is 6.03. The number of amides is 1. The van der Waals surface area contributed by atoms with Crippen LogP contribution in [0.25, 0.3) is 4.96 Å². The zero-order valence-electron chi connectivity index (χ0n) is 16.1. The van der Waals surface area contributed by atoms with Gasteiger partial charge in [0.15, 0.2) is 0 Å². The summed E-state index contributed by atoms with van der Waals surface area (Å²) in [6.45, 7) is 3.34. The topological polar surface area (TPSA) is 79.6 Å². The van der Waals surface area contributed by atoms with Gasteiger partial charge in [-0.2, -0.15) is 4.52 Å². The molecule has 1 aliphatic heterocycles. The van der Waals surface area contributed by atoms with Crippen LogP contribution in [-0.2, 0) is 11.2 Å². The van der Waals surface area contributed by atoms with Gasteiger partial charge in [-0.15, -0.1) is 5.10 Å². The van der Waals surface area contributed by atoms with Crippen LogP contribution in [0.15, 0.2) is 35.1 Å². The number of piperidine rings is 1. The number of para-hydroxylation sites is 1. The molecule has 3 aromatic rings. The highest BCUT2D eigenvalue weighted by Crippen LogP contribution is 2.27. The minimum Gasteiger partial charge on any atom is -0.347 e. The number of fused-ring (bicyclic) bond motifs is 1. The molecule has 2 aromatic heterocycles. The van der Waals surface area contributed by atoms with Gasteiger partial charge in [0, 0.05) is 30.8 Å². The minimum atomic E-state index is -0.437. The molecule has 1 aliphatic rings. The van der Waals surface area contributed by atoms with Crippen LogP contribution in [-0.4, -0.2) is 33.6 Å². The highest BCUT2D eigenvalue weighted by Gasteiger charge is 2.27. The molecular formula is C20H22FN5O2S. The Balaban J connectivity index is 1.43. The van der Waals surface area contributed by atoms with Gasteiger partial charge in [0.1, 0.15) is 5.82 Å². The number of hydrogen-bond acceptors (Lipinski definition) is 6. The normalized spacial score (nSPS) is 15.0. The van der Waals surface area contributed by atoms with Crippen molar-refractivity contribution in [2.24, 2.45) is 5.92 Å². The van der Waals surface area contributed by atoms with Crippen LogP contribution in [0.3, 0.4) is 0 Å². The second-order valence-electron chi connectivity index (χ2n) is 7.15. The van der Waals surface area contributed by atoms with Gasteiger partial charge in [-0.3, -0.25) is 9.59 Å². The third-order valence-electron chi connectivity index (χ3n) is 5.06. The number of nitrogens with zero attached hydrogens (tertiary/aromatic N) is 4. The van der Waals surface area contributed by atoms with E-state index in [0.717, 1.165) is 23.7 Å². The lowest BCUT2D eigenvalue weighted by molar-refractivity contribution is -0.120. The van der Waals surface area contributed by atoms with E-state index in [2.05, 4.69) is 20.3 Å². The molecule has 1 N–H and O–H groups in total. The van der Waals surface area contributed by atoms with E-state index < -0.39 is 5.82 Å². The molecule has 29 heavy (non-hydrogen) atoms. The van der Waals surface area contributed by atoms with Gasteiger partial charge in [-0.25, -0.2) is 9.37 Å². The number of nitrogens with one attached hydrogen (secondary N) is 1. The highest BCUT2D eigenvalue weighted by molar-refractivity contribution is 7.20. The van der Waals surface area contributed by atoms with E-state index in [1.807, 2.05) is 6.92 Å². The van der Waals surface area contributed by atoms with Gasteiger partial charge in [0.25, 0.3) is 5.56 Å². The molecule has 0 saturated carbocycles. The van der Waals surface area contributed by atoms with E-state index in [-0.39, 0.29) is 23.1 Å².